The van der Waals surface area contributed by atoms with Crippen LogP contribution in [0, 0.1) is 10.1 Å². The molecule has 0 saturated carbocycles. The molecular formula is C18H18N4O3S. The molecule has 26 heavy (non-hydrogen) atoms. The van der Waals surface area contributed by atoms with E-state index in [2.05, 4.69) is 39.5 Å². The fourth-order valence-corrected chi connectivity index (χ4v) is 4.31. The molecule has 1 aliphatic heterocycles. The van der Waals surface area contributed by atoms with Crippen LogP contribution >= 0.6 is 11.3 Å². The number of likely N-dealkylation sites (tertiary alicyclic amines) is 1. The molecule has 4 rings (SSSR count). The van der Waals surface area contributed by atoms with Crippen LogP contribution in [0.25, 0.3) is 11.5 Å². The molecular weight excluding hydrogens is 352 g/mol. The highest BCUT2D eigenvalue weighted by Gasteiger charge is 2.33. The fraction of sp³-hybridized carbons (Fsp3) is 0.333. The summed E-state index contributed by atoms with van der Waals surface area (Å²) in [6.07, 6.45) is 2.28. The number of benzene rings is 1. The summed E-state index contributed by atoms with van der Waals surface area (Å²) in [4.78, 5) is 14.1. The lowest BCUT2D eigenvalue weighted by atomic mass is 10.1. The van der Waals surface area contributed by atoms with E-state index in [0.29, 0.717) is 23.4 Å². The number of rotatable bonds is 5. The van der Waals surface area contributed by atoms with Crippen molar-refractivity contribution in [1.82, 2.24) is 15.1 Å². The maximum atomic E-state index is 10.8. The molecule has 0 bridgehead atoms. The van der Waals surface area contributed by atoms with E-state index in [-0.39, 0.29) is 11.7 Å². The molecule has 2 aromatic heterocycles. The summed E-state index contributed by atoms with van der Waals surface area (Å²) < 4.78 is 5.88. The summed E-state index contributed by atoms with van der Waals surface area (Å²) in [6, 6.07) is 10.8. The van der Waals surface area contributed by atoms with E-state index in [1.165, 1.54) is 17.0 Å². The first-order valence-electron chi connectivity index (χ1n) is 8.51. The van der Waals surface area contributed by atoms with Gasteiger partial charge in [0.15, 0.2) is 0 Å². The second-order valence-corrected chi connectivity index (χ2v) is 7.32. The molecule has 7 nitrogen and oxygen atoms in total. The van der Waals surface area contributed by atoms with Gasteiger partial charge in [0.05, 0.1) is 11.0 Å². The highest BCUT2D eigenvalue weighted by molar-refractivity contribution is 7.10. The van der Waals surface area contributed by atoms with Gasteiger partial charge in [-0.05, 0) is 49.9 Å². The highest BCUT2D eigenvalue weighted by Crippen LogP contribution is 2.40. The minimum Gasteiger partial charge on any atom is -0.419 e. The Morgan fingerprint density at radius 3 is 2.81 bits per heavy atom. The Balaban J connectivity index is 1.54. The zero-order valence-corrected chi connectivity index (χ0v) is 15.1. The van der Waals surface area contributed by atoms with Crippen LogP contribution in [-0.2, 0) is 0 Å². The van der Waals surface area contributed by atoms with Crippen molar-refractivity contribution in [2.75, 3.05) is 6.54 Å². The average Bonchev–Trinajstić information content (AvgIpc) is 3.41. The van der Waals surface area contributed by atoms with Crippen LogP contribution in [0.1, 0.15) is 42.6 Å². The van der Waals surface area contributed by atoms with Crippen molar-refractivity contribution in [2.45, 2.75) is 31.8 Å². The molecule has 0 radical (unpaired) electrons. The van der Waals surface area contributed by atoms with Crippen LogP contribution in [0.2, 0.25) is 0 Å². The van der Waals surface area contributed by atoms with E-state index in [0.717, 1.165) is 19.4 Å². The summed E-state index contributed by atoms with van der Waals surface area (Å²) in [7, 11) is 0. The summed E-state index contributed by atoms with van der Waals surface area (Å²) in [5, 5.41) is 21.2. The largest absolute Gasteiger partial charge is 0.419 e. The van der Waals surface area contributed by atoms with Gasteiger partial charge in [0, 0.05) is 28.6 Å². The Hall–Kier alpha value is -2.58. The van der Waals surface area contributed by atoms with Crippen molar-refractivity contribution >= 4 is 17.0 Å². The van der Waals surface area contributed by atoms with Crippen LogP contribution in [0.5, 0.6) is 0 Å². The number of thiophene rings is 1. The summed E-state index contributed by atoms with van der Waals surface area (Å²) in [5.41, 5.74) is 0.718. The first-order chi connectivity index (χ1) is 12.6. The molecule has 2 atom stereocenters. The van der Waals surface area contributed by atoms with Crippen LogP contribution in [0.15, 0.2) is 46.2 Å². The van der Waals surface area contributed by atoms with Crippen LogP contribution in [0.3, 0.4) is 0 Å². The topological polar surface area (TPSA) is 85.3 Å². The van der Waals surface area contributed by atoms with Crippen molar-refractivity contribution in [3.05, 3.63) is 62.7 Å². The monoisotopic (exact) mass is 370 g/mol. The lowest BCUT2D eigenvalue weighted by molar-refractivity contribution is -0.384. The van der Waals surface area contributed by atoms with Gasteiger partial charge in [0.25, 0.3) is 5.69 Å². The number of nitro groups is 1. The van der Waals surface area contributed by atoms with E-state index in [1.807, 2.05) is 0 Å². The molecule has 8 heteroatoms. The van der Waals surface area contributed by atoms with Gasteiger partial charge in [0.2, 0.25) is 11.8 Å². The highest BCUT2D eigenvalue weighted by atomic mass is 32.1. The summed E-state index contributed by atoms with van der Waals surface area (Å²) in [6.45, 7) is 3.08. The molecule has 0 amide bonds. The molecule has 3 heterocycles. The Labute approximate surface area is 154 Å². The summed E-state index contributed by atoms with van der Waals surface area (Å²) >= 11 is 1.78. The normalized spacial score (nSPS) is 18.9. The molecule has 134 valence electrons. The van der Waals surface area contributed by atoms with Gasteiger partial charge in [-0.1, -0.05) is 6.07 Å². The quantitative estimate of drug-likeness (QED) is 0.482. The predicted molar refractivity (Wildman–Crippen MR) is 97.8 cm³/mol. The van der Waals surface area contributed by atoms with E-state index in [1.54, 1.807) is 23.5 Å². The second kappa shape index (κ2) is 6.97. The Morgan fingerprint density at radius 2 is 2.12 bits per heavy atom. The van der Waals surface area contributed by atoms with Gasteiger partial charge in [-0.2, -0.15) is 0 Å². The van der Waals surface area contributed by atoms with E-state index < -0.39 is 4.92 Å². The number of hydrogen-bond acceptors (Lipinski definition) is 7. The fourth-order valence-electron chi connectivity index (χ4n) is 3.43. The molecule has 0 unspecified atom stereocenters. The van der Waals surface area contributed by atoms with Gasteiger partial charge in [-0.3, -0.25) is 15.0 Å². The first-order valence-corrected chi connectivity index (χ1v) is 9.39. The first kappa shape index (κ1) is 16.9. The predicted octanol–water partition coefficient (Wildman–Crippen LogP) is 4.60. The zero-order chi connectivity index (χ0) is 18.1. The SMILES string of the molecule is C[C@@H](c1nnc(-c2ccc([N+](=O)[O-])cc2)o1)N1CCC[C@@H]1c1cccs1. The summed E-state index contributed by atoms with van der Waals surface area (Å²) in [5.74, 6) is 0.954. The lowest BCUT2D eigenvalue weighted by Gasteiger charge is -2.27. The van der Waals surface area contributed by atoms with Crippen LogP contribution in [-0.4, -0.2) is 26.6 Å². The third kappa shape index (κ3) is 3.13. The number of nitro benzene ring substituents is 1. The van der Waals surface area contributed by atoms with E-state index >= 15 is 0 Å². The Kier molecular flexibility index (Phi) is 4.52. The lowest BCUT2D eigenvalue weighted by Crippen LogP contribution is -2.26. The molecule has 1 aliphatic rings. The van der Waals surface area contributed by atoms with Gasteiger partial charge >= 0.3 is 0 Å². The molecule has 1 fully saturated rings. The molecule has 0 N–H and O–H groups in total. The average molecular weight is 370 g/mol. The molecule has 0 spiro atoms. The third-order valence-corrected chi connectivity index (χ3v) is 5.76. The van der Waals surface area contributed by atoms with Crippen LogP contribution in [0.4, 0.5) is 5.69 Å². The standard InChI is InChI=1S/C18H18N4O3S/c1-12(21-10-2-4-15(21)16-5-3-11-26-16)17-19-20-18(25-17)13-6-8-14(9-7-13)22(23)24/h3,5-9,11-12,15H,2,4,10H2,1H3/t12-,15+/m0/s1. The minimum absolute atomic E-state index is 0.0175. The molecule has 3 aromatic rings. The number of aromatic nitrogens is 2. The van der Waals surface area contributed by atoms with Crippen molar-refractivity contribution in [2.24, 2.45) is 0 Å². The number of non-ortho nitro benzene ring substituents is 1. The van der Waals surface area contributed by atoms with E-state index in [4.69, 9.17) is 4.42 Å². The third-order valence-electron chi connectivity index (χ3n) is 4.79. The van der Waals surface area contributed by atoms with Crippen molar-refractivity contribution < 1.29 is 9.34 Å². The maximum absolute atomic E-state index is 10.8. The van der Waals surface area contributed by atoms with Crippen molar-refractivity contribution in [3.63, 3.8) is 0 Å². The van der Waals surface area contributed by atoms with Gasteiger partial charge in [-0.25, -0.2) is 0 Å². The zero-order valence-electron chi connectivity index (χ0n) is 14.2. The number of nitrogens with zero attached hydrogens (tertiary/aromatic N) is 4. The van der Waals surface area contributed by atoms with Crippen molar-refractivity contribution in [1.29, 1.82) is 0 Å². The van der Waals surface area contributed by atoms with Gasteiger partial charge < -0.3 is 4.42 Å². The van der Waals surface area contributed by atoms with Crippen LogP contribution < -0.4 is 0 Å². The molecule has 1 saturated heterocycles. The minimum atomic E-state index is -0.427. The van der Waals surface area contributed by atoms with E-state index in [9.17, 15) is 10.1 Å². The van der Waals surface area contributed by atoms with Gasteiger partial charge in [0.1, 0.15) is 0 Å². The smallest absolute Gasteiger partial charge is 0.269 e. The Morgan fingerprint density at radius 1 is 1.31 bits per heavy atom. The molecule has 0 aliphatic carbocycles. The maximum Gasteiger partial charge on any atom is 0.269 e. The Bertz CT molecular complexity index is 892. The number of hydrogen-bond donors (Lipinski definition) is 0. The molecule has 1 aromatic carbocycles. The van der Waals surface area contributed by atoms with Gasteiger partial charge in [-0.15, -0.1) is 21.5 Å². The van der Waals surface area contributed by atoms with Crippen molar-refractivity contribution in [3.8, 4) is 11.5 Å². The second-order valence-electron chi connectivity index (χ2n) is 6.34.